The molecule has 3 unspecified atom stereocenters. The van der Waals surface area contributed by atoms with Crippen LogP contribution in [0, 0.1) is 0 Å². The van der Waals surface area contributed by atoms with Crippen molar-refractivity contribution in [2.45, 2.75) is 37.7 Å². The SMILES string of the molecule is CC1=CNC(NC(=O)C2=C(C)NC3C=CC(c4cccc(OC[C@H](O)CO)c4)NN23)S1. The zero-order chi connectivity index (χ0) is 22.0. The van der Waals surface area contributed by atoms with Gasteiger partial charge in [-0.1, -0.05) is 30.0 Å². The molecule has 9 nitrogen and oxygen atoms in total. The van der Waals surface area contributed by atoms with Crippen molar-refractivity contribution in [3.8, 4) is 5.75 Å². The summed E-state index contributed by atoms with van der Waals surface area (Å²) in [5.41, 5.74) is 5.51. The van der Waals surface area contributed by atoms with Crippen LogP contribution in [-0.2, 0) is 4.79 Å². The maximum Gasteiger partial charge on any atom is 0.273 e. The Morgan fingerprint density at radius 2 is 2.19 bits per heavy atom. The molecule has 0 saturated carbocycles. The molecule has 0 radical (unpaired) electrons. The summed E-state index contributed by atoms with van der Waals surface area (Å²) in [4.78, 5) is 14.1. The number of thioether (sulfide) groups is 1. The Balaban J connectivity index is 1.45. The van der Waals surface area contributed by atoms with Crippen LogP contribution in [0.2, 0.25) is 0 Å². The summed E-state index contributed by atoms with van der Waals surface area (Å²) in [6, 6.07) is 7.34. The van der Waals surface area contributed by atoms with Crippen LogP contribution >= 0.6 is 11.8 Å². The van der Waals surface area contributed by atoms with E-state index in [1.165, 1.54) is 0 Å². The lowest BCUT2D eigenvalue weighted by molar-refractivity contribution is -0.119. The lowest BCUT2D eigenvalue weighted by Gasteiger charge is -2.35. The zero-order valence-electron chi connectivity index (χ0n) is 17.3. The molecule has 166 valence electrons. The summed E-state index contributed by atoms with van der Waals surface area (Å²) >= 11 is 1.57. The average Bonchev–Trinajstić information content (AvgIpc) is 3.32. The number of aliphatic hydroxyl groups excluding tert-OH is 2. The van der Waals surface area contributed by atoms with Gasteiger partial charge in [0, 0.05) is 16.8 Å². The van der Waals surface area contributed by atoms with Gasteiger partial charge in [0.25, 0.3) is 5.91 Å². The van der Waals surface area contributed by atoms with Gasteiger partial charge in [0.1, 0.15) is 30.3 Å². The number of amides is 1. The third kappa shape index (κ3) is 4.82. The Morgan fingerprint density at radius 3 is 2.94 bits per heavy atom. The smallest absolute Gasteiger partial charge is 0.273 e. The molecule has 4 atom stereocenters. The van der Waals surface area contributed by atoms with Crippen LogP contribution in [0.1, 0.15) is 25.5 Å². The molecule has 3 aliphatic rings. The number of carbonyl (C=O) groups excluding carboxylic acids is 1. The Kier molecular flexibility index (Phi) is 6.42. The van der Waals surface area contributed by atoms with E-state index in [9.17, 15) is 9.90 Å². The average molecular weight is 446 g/mol. The van der Waals surface area contributed by atoms with Gasteiger partial charge in [-0.15, -0.1) is 0 Å². The van der Waals surface area contributed by atoms with E-state index in [4.69, 9.17) is 9.84 Å². The van der Waals surface area contributed by atoms with Crippen molar-refractivity contribution >= 4 is 17.7 Å². The van der Waals surface area contributed by atoms with Crippen molar-refractivity contribution in [3.63, 3.8) is 0 Å². The van der Waals surface area contributed by atoms with Crippen molar-refractivity contribution in [1.82, 2.24) is 26.4 Å². The van der Waals surface area contributed by atoms with Crippen molar-refractivity contribution in [2.24, 2.45) is 0 Å². The van der Waals surface area contributed by atoms with Crippen molar-refractivity contribution in [3.05, 3.63) is 64.5 Å². The lowest BCUT2D eigenvalue weighted by atomic mass is 10.0. The highest BCUT2D eigenvalue weighted by Crippen LogP contribution is 2.30. The molecule has 3 heterocycles. The molecule has 0 saturated heterocycles. The van der Waals surface area contributed by atoms with Gasteiger partial charge in [0.2, 0.25) is 0 Å². The fourth-order valence-electron chi connectivity index (χ4n) is 3.58. The molecule has 0 aromatic heterocycles. The Bertz CT molecular complexity index is 934. The molecule has 10 heteroatoms. The molecule has 1 aromatic rings. The molecular formula is C21H27N5O4S. The second-order valence-electron chi connectivity index (χ2n) is 7.54. The maximum atomic E-state index is 13.0. The molecule has 1 aromatic carbocycles. The van der Waals surface area contributed by atoms with Crippen LogP contribution in [0.25, 0.3) is 0 Å². The molecular weight excluding hydrogens is 418 g/mol. The van der Waals surface area contributed by atoms with Crippen molar-refractivity contribution in [2.75, 3.05) is 13.2 Å². The maximum absolute atomic E-state index is 13.0. The van der Waals surface area contributed by atoms with Gasteiger partial charge in [0.05, 0.1) is 12.6 Å². The zero-order valence-corrected chi connectivity index (χ0v) is 18.1. The van der Waals surface area contributed by atoms with E-state index in [-0.39, 0.29) is 36.8 Å². The number of nitrogens with one attached hydrogen (secondary N) is 4. The monoisotopic (exact) mass is 445 g/mol. The number of rotatable bonds is 7. The van der Waals surface area contributed by atoms with Gasteiger partial charge >= 0.3 is 0 Å². The van der Waals surface area contributed by atoms with E-state index in [2.05, 4.69) is 21.4 Å². The number of nitrogens with zero attached hydrogens (tertiary/aromatic N) is 1. The highest BCUT2D eigenvalue weighted by atomic mass is 32.2. The number of benzene rings is 1. The number of aliphatic hydroxyl groups is 2. The van der Waals surface area contributed by atoms with Gasteiger partial charge in [-0.25, -0.2) is 5.43 Å². The van der Waals surface area contributed by atoms with E-state index in [0.717, 1.165) is 16.2 Å². The normalized spacial score (nSPS) is 25.5. The van der Waals surface area contributed by atoms with Gasteiger partial charge < -0.3 is 30.9 Å². The third-order valence-corrected chi connectivity index (χ3v) is 6.07. The predicted molar refractivity (Wildman–Crippen MR) is 118 cm³/mol. The van der Waals surface area contributed by atoms with Crippen LogP contribution in [-0.4, -0.2) is 52.1 Å². The third-order valence-electron chi connectivity index (χ3n) is 5.09. The quantitative estimate of drug-likeness (QED) is 0.335. The predicted octanol–water partition coefficient (Wildman–Crippen LogP) is 0.594. The standard InChI is InChI=1S/C21H27N5O4S/c1-12-9-22-21(31-12)24-20(29)19-13(2)23-18-7-6-17(25-26(18)19)14-4-3-5-16(8-14)30-11-15(28)10-27/h3-9,15,17-18,21-23,25,27-28H,10-11H2,1-2H3,(H,24,29)/t15-,17?,18?,21?/m1/s1. The Labute approximate surface area is 185 Å². The number of hydrogen-bond donors (Lipinski definition) is 6. The van der Waals surface area contributed by atoms with Crippen molar-refractivity contribution in [1.29, 1.82) is 0 Å². The van der Waals surface area contributed by atoms with Gasteiger partial charge in [-0.2, -0.15) is 0 Å². The first-order chi connectivity index (χ1) is 14.9. The number of allylic oxidation sites excluding steroid dienone is 2. The Morgan fingerprint density at radius 1 is 1.35 bits per heavy atom. The molecule has 1 amide bonds. The minimum atomic E-state index is -0.923. The topological polar surface area (TPSA) is 118 Å². The molecule has 0 bridgehead atoms. The van der Waals surface area contributed by atoms with Crippen molar-refractivity contribution < 1.29 is 19.7 Å². The summed E-state index contributed by atoms with van der Waals surface area (Å²) < 4.78 is 5.56. The minimum absolute atomic E-state index is 0.0137. The van der Waals surface area contributed by atoms with Crippen LogP contribution in [0.5, 0.6) is 5.75 Å². The number of fused-ring (bicyclic) bond motifs is 1. The summed E-state index contributed by atoms with van der Waals surface area (Å²) in [6.07, 6.45) is 4.86. The Hall–Kier alpha value is -2.66. The second kappa shape index (κ2) is 9.23. The lowest BCUT2D eigenvalue weighted by Crippen LogP contribution is -2.52. The van der Waals surface area contributed by atoms with E-state index in [0.29, 0.717) is 11.4 Å². The second-order valence-corrected chi connectivity index (χ2v) is 8.89. The molecule has 3 aliphatic heterocycles. The highest BCUT2D eigenvalue weighted by molar-refractivity contribution is 8.03. The highest BCUT2D eigenvalue weighted by Gasteiger charge is 2.36. The van der Waals surface area contributed by atoms with Crippen LogP contribution < -0.4 is 26.1 Å². The van der Waals surface area contributed by atoms with Crippen LogP contribution in [0.3, 0.4) is 0 Å². The molecule has 0 fully saturated rings. The van der Waals surface area contributed by atoms with Crippen LogP contribution in [0.4, 0.5) is 0 Å². The first kappa shape index (κ1) is 21.6. The van der Waals surface area contributed by atoms with Gasteiger partial charge in [-0.05, 0) is 37.6 Å². The molecule has 6 N–H and O–H groups in total. The summed E-state index contributed by atoms with van der Waals surface area (Å²) in [7, 11) is 0. The van der Waals surface area contributed by atoms with E-state index >= 15 is 0 Å². The van der Waals surface area contributed by atoms with Gasteiger partial charge in [0.15, 0.2) is 5.50 Å². The largest absolute Gasteiger partial charge is 0.491 e. The summed E-state index contributed by atoms with van der Waals surface area (Å²) in [5.74, 6) is 0.427. The molecule has 0 spiro atoms. The number of hydrazine groups is 1. The van der Waals surface area contributed by atoms with Gasteiger partial charge in [-0.3, -0.25) is 9.80 Å². The minimum Gasteiger partial charge on any atom is -0.491 e. The summed E-state index contributed by atoms with van der Waals surface area (Å²) in [5, 5.41) is 29.8. The van der Waals surface area contributed by atoms with E-state index < -0.39 is 6.10 Å². The fourth-order valence-corrected chi connectivity index (χ4v) is 4.39. The molecule has 0 aliphatic carbocycles. The number of ether oxygens (including phenoxy) is 1. The number of hydrogen-bond acceptors (Lipinski definition) is 9. The first-order valence-electron chi connectivity index (χ1n) is 10.1. The molecule has 31 heavy (non-hydrogen) atoms. The fraction of sp³-hybridized carbons (Fsp3) is 0.381. The summed E-state index contributed by atoms with van der Waals surface area (Å²) in [6.45, 7) is 3.54. The van der Waals surface area contributed by atoms with Crippen LogP contribution in [0.15, 0.2) is 58.9 Å². The number of carbonyl (C=O) groups is 1. The van der Waals surface area contributed by atoms with E-state index in [1.807, 2.05) is 55.4 Å². The first-order valence-corrected chi connectivity index (χ1v) is 11.0. The molecule has 4 rings (SSSR count). The van der Waals surface area contributed by atoms with E-state index in [1.54, 1.807) is 17.8 Å².